The third kappa shape index (κ3) is 3.40. The van der Waals surface area contributed by atoms with Crippen LogP contribution in [0.25, 0.3) is 11.1 Å². The zero-order chi connectivity index (χ0) is 18.8. The maximum Gasteiger partial charge on any atom is 0.262 e. The van der Waals surface area contributed by atoms with Gasteiger partial charge in [-0.1, -0.05) is 11.6 Å². The zero-order valence-electron chi connectivity index (χ0n) is 12.9. The van der Waals surface area contributed by atoms with E-state index < -0.39 is 23.1 Å². The third-order valence-electron chi connectivity index (χ3n) is 3.46. The summed E-state index contributed by atoms with van der Waals surface area (Å²) in [7, 11) is 0. The zero-order valence-corrected chi connectivity index (χ0v) is 13.6. The Morgan fingerprint density at radius 3 is 2.31 bits per heavy atom. The van der Waals surface area contributed by atoms with Gasteiger partial charge >= 0.3 is 0 Å². The Hall–Kier alpha value is -3.26. The number of amides is 1. The molecule has 0 aliphatic heterocycles. The summed E-state index contributed by atoms with van der Waals surface area (Å²) in [5.41, 5.74) is 0.125. The number of carbonyl (C=O) groups is 1. The van der Waals surface area contributed by atoms with E-state index in [1.807, 2.05) is 0 Å². The van der Waals surface area contributed by atoms with Crippen molar-refractivity contribution in [1.29, 1.82) is 0 Å². The molecule has 2 aromatic heterocycles. The molecule has 0 aliphatic carbocycles. The Morgan fingerprint density at radius 1 is 1.04 bits per heavy atom. The number of carbonyl (C=O) groups excluding carboxylic acids is 1. The summed E-state index contributed by atoms with van der Waals surface area (Å²) in [6.45, 7) is 0. The molecule has 0 spiro atoms. The Labute approximate surface area is 150 Å². The van der Waals surface area contributed by atoms with Gasteiger partial charge in [0.05, 0.1) is 17.4 Å². The van der Waals surface area contributed by atoms with E-state index in [2.05, 4.69) is 15.3 Å². The molecule has 0 aliphatic rings. The predicted octanol–water partition coefficient (Wildman–Crippen LogP) is 3.74. The van der Waals surface area contributed by atoms with Gasteiger partial charge in [0.15, 0.2) is 23.1 Å². The number of aromatic hydroxyl groups is 2. The average molecular weight is 378 g/mol. The second kappa shape index (κ2) is 6.93. The van der Waals surface area contributed by atoms with E-state index in [4.69, 9.17) is 11.6 Å². The molecule has 0 bridgehead atoms. The highest BCUT2D eigenvalue weighted by atomic mass is 35.5. The number of halogens is 3. The summed E-state index contributed by atoms with van der Waals surface area (Å²) in [5, 5.41) is 21.4. The second-order valence-corrected chi connectivity index (χ2v) is 5.59. The summed E-state index contributed by atoms with van der Waals surface area (Å²) in [6, 6.07) is 5.36. The molecule has 2 heterocycles. The SMILES string of the molecule is O=C(Nc1ccc(-c2cc(O)c(O)cc2Cl)cn1)c1c(F)cncc1F. The maximum absolute atomic E-state index is 13.6. The molecule has 9 heteroatoms. The number of benzene rings is 1. The van der Waals surface area contributed by atoms with Crippen LogP contribution in [-0.4, -0.2) is 26.1 Å². The first-order chi connectivity index (χ1) is 12.4. The van der Waals surface area contributed by atoms with Crippen molar-refractivity contribution in [3.63, 3.8) is 0 Å². The molecule has 0 unspecified atom stereocenters. The summed E-state index contributed by atoms with van der Waals surface area (Å²) >= 11 is 6.02. The molecular weight excluding hydrogens is 368 g/mol. The molecule has 132 valence electrons. The molecular formula is C17H10ClF2N3O3. The highest BCUT2D eigenvalue weighted by Crippen LogP contribution is 2.37. The Morgan fingerprint density at radius 2 is 1.69 bits per heavy atom. The van der Waals surface area contributed by atoms with Crippen LogP contribution in [0.1, 0.15) is 10.4 Å². The molecule has 3 rings (SSSR count). The fraction of sp³-hybridized carbons (Fsp3) is 0. The smallest absolute Gasteiger partial charge is 0.262 e. The molecule has 0 radical (unpaired) electrons. The lowest BCUT2D eigenvalue weighted by molar-refractivity contribution is 0.101. The molecule has 1 aromatic carbocycles. The topological polar surface area (TPSA) is 95.3 Å². The van der Waals surface area contributed by atoms with Crippen LogP contribution in [0.5, 0.6) is 11.5 Å². The molecule has 1 amide bonds. The van der Waals surface area contributed by atoms with Crippen LogP contribution >= 0.6 is 11.6 Å². The van der Waals surface area contributed by atoms with Gasteiger partial charge in [-0.05, 0) is 18.2 Å². The Balaban J connectivity index is 1.85. The fourth-order valence-corrected chi connectivity index (χ4v) is 2.47. The van der Waals surface area contributed by atoms with Crippen LogP contribution < -0.4 is 5.32 Å². The minimum atomic E-state index is -1.09. The van der Waals surface area contributed by atoms with Gasteiger partial charge in [0.2, 0.25) is 0 Å². The quantitative estimate of drug-likeness (QED) is 0.604. The highest BCUT2D eigenvalue weighted by molar-refractivity contribution is 6.33. The van der Waals surface area contributed by atoms with Crippen LogP contribution in [0.15, 0.2) is 42.9 Å². The second-order valence-electron chi connectivity index (χ2n) is 5.19. The average Bonchev–Trinajstić information content (AvgIpc) is 2.59. The summed E-state index contributed by atoms with van der Waals surface area (Å²) in [5.74, 6) is -3.87. The number of nitrogens with zero attached hydrogens (tertiary/aromatic N) is 2. The number of nitrogens with one attached hydrogen (secondary N) is 1. The summed E-state index contributed by atoms with van der Waals surface area (Å²) in [4.78, 5) is 19.3. The van der Waals surface area contributed by atoms with Crippen molar-refractivity contribution in [2.24, 2.45) is 0 Å². The molecule has 0 saturated carbocycles. The van der Waals surface area contributed by atoms with E-state index in [9.17, 15) is 23.8 Å². The first-order valence-corrected chi connectivity index (χ1v) is 7.53. The van der Waals surface area contributed by atoms with Crippen LogP contribution in [-0.2, 0) is 0 Å². The third-order valence-corrected chi connectivity index (χ3v) is 3.77. The van der Waals surface area contributed by atoms with Crippen LogP contribution in [0.2, 0.25) is 5.02 Å². The first-order valence-electron chi connectivity index (χ1n) is 7.15. The lowest BCUT2D eigenvalue weighted by atomic mass is 10.1. The van der Waals surface area contributed by atoms with Crippen molar-refractivity contribution in [3.05, 3.63) is 65.1 Å². The van der Waals surface area contributed by atoms with Crippen LogP contribution in [0.4, 0.5) is 14.6 Å². The maximum atomic E-state index is 13.6. The minimum Gasteiger partial charge on any atom is -0.504 e. The summed E-state index contributed by atoms with van der Waals surface area (Å²) < 4.78 is 27.1. The van der Waals surface area contributed by atoms with Gasteiger partial charge in [0, 0.05) is 23.4 Å². The van der Waals surface area contributed by atoms with E-state index in [0.29, 0.717) is 11.1 Å². The molecule has 6 nitrogen and oxygen atoms in total. The number of rotatable bonds is 3. The van der Waals surface area contributed by atoms with E-state index in [1.54, 1.807) is 0 Å². The van der Waals surface area contributed by atoms with Crippen molar-refractivity contribution >= 4 is 23.3 Å². The monoisotopic (exact) mass is 377 g/mol. The number of anilines is 1. The number of aromatic nitrogens is 2. The van der Waals surface area contributed by atoms with Crippen LogP contribution in [0.3, 0.4) is 0 Å². The van der Waals surface area contributed by atoms with Gasteiger partial charge in [-0.2, -0.15) is 0 Å². The fourth-order valence-electron chi connectivity index (χ4n) is 2.21. The van der Waals surface area contributed by atoms with Gasteiger partial charge in [-0.3, -0.25) is 9.78 Å². The molecule has 26 heavy (non-hydrogen) atoms. The van der Waals surface area contributed by atoms with Gasteiger partial charge in [-0.25, -0.2) is 13.8 Å². The van der Waals surface area contributed by atoms with Gasteiger partial charge in [-0.15, -0.1) is 0 Å². The summed E-state index contributed by atoms with van der Waals surface area (Å²) in [6.07, 6.45) is 2.80. The van der Waals surface area contributed by atoms with E-state index in [1.165, 1.54) is 30.5 Å². The van der Waals surface area contributed by atoms with Crippen LogP contribution in [0, 0.1) is 11.6 Å². The number of phenols is 2. The number of pyridine rings is 2. The van der Waals surface area contributed by atoms with Crippen molar-refractivity contribution in [2.75, 3.05) is 5.32 Å². The highest BCUT2D eigenvalue weighted by Gasteiger charge is 2.18. The lowest BCUT2D eigenvalue weighted by Crippen LogP contribution is -2.16. The molecule has 0 saturated heterocycles. The molecule has 0 fully saturated rings. The van der Waals surface area contributed by atoms with Crippen molar-refractivity contribution in [3.8, 4) is 22.6 Å². The van der Waals surface area contributed by atoms with Gasteiger partial charge < -0.3 is 15.5 Å². The van der Waals surface area contributed by atoms with E-state index >= 15 is 0 Å². The number of phenolic OH excluding ortho intramolecular Hbond substituents is 2. The Kier molecular flexibility index (Phi) is 4.68. The molecule has 3 aromatic rings. The van der Waals surface area contributed by atoms with Gasteiger partial charge in [0.25, 0.3) is 5.91 Å². The standard InChI is InChI=1S/C17H10ClF2N3O3/c18-10-4-14(25)13(24)3-9(10)8-1-2-15(22-5-8)23-17(26)16-11(19)6-21-7-12(16)20/h1-7,24-25H,(H,22,23,26). The first kappa shape index (κ1) is 17.6. The van der Waals surface area contributed by atoms with Crippen molar-refractivity contribution in [2.45, 2.75) is 0 Å². The Bertz CT molecular complexity index is 977. The molecule has 0 atom stereocenters. The van der Waals surface area contributed by atoms with Crippen molar-refractivity contribution in [1.82, 2.24) is 9.97 Å². The van der Waals surface area contributed by atoms with Crippen molar-refractivity contribution < 1.29 is 23.8 Å². The minimum absolute atomic E-state index is 0.0495. The number of hydrogen-bond donors (Lipinski definition) is 3. The van der Waals surface area contributed by atoms with E-state index in [0.717, 1.165) is 12.4 Å². The molecule has 3 N–H and O–H groups in total. The van der Waals surface area contributed by atoms with E-state index in [-0.39, 0.29) is 22.3 Å². The largest absolute Gasteiger partial charge is 0.504 e. The lowest BCUT2D eigenvalue weighted by Gasteiger charge is -2.09. The normalized spacial score (nSPS) is 10.6. The predicted molar refractivity (Wildman–Crippen MR) is 90.1 cm³/mol. The number of hydrogen-bond acceptors (Lipinski definition) is 5. The van der Waals surface area contributed by atoms with Gasteiger partial charge in [0.1, 0.15) is 11.4 Å².